The van der Waals surface area contributed by atoms with E-state index in [4.69, 9.17) is 17.5 Å². The van der Waals surface area contributed by atoms with E-state index in [9.17, 15) is 13.2 Å². The van der Waals surface area contributed by atoms with Crippen LogP contribution in [0, 0.1) is 0 Å². The van der Waals surface area contributed by atoms with Crippen molar-refractivity contribution >= 4 is 46.3 Å². The van der Waals surface area contributed by atoms with Gasteiger partial charge in [0.25, 0.3) is 10.0 Å². The molecule has 2 amide bonds. The van der Waals surface area contributed by atoms with Crippen LogP contribution in [-0.4, -0.2) is 43.3 Å². The van der Waals surface area contributed by atoms with Gasteiger partial charge in [-0.3, -0.25) is 0 Å². The van der Waals surface area contributed by atoms with Gasteiger partial charge in [0.1, 0.15) is 5.84 Å². The van der Waals surface area contributed by atoms with Crippen molar-refractivity contribution in [3.05, 3.63) is 81.1 Å². The molecule has 0 bridgehead atoms. The minimum absolute atomic E-state index is 0.00330. The van der Waals surface area contributed by atoms with E-state index >= 15 is 0 Å². The minimum atomic E-state index is -4.02. The Morgan fingerprint density at radius 1 is 1.17 bits per heavy atom. The Hall–Kier alpha value is -3.14. The van der Waals surface area contributed by atoms with Gasteiger partial charge >= 0.3 is 6.03 Å². The van der Waals surface area contributed by atoms with Crippen LogP contribution in [0.25, 0.3) is 12.7 Å². The van der Waals surface area contributed by atoms with Crippen LogP contribution >= 0.6 is 11.8 Å². The highest BCUT2D eigenvalue weighted by Gasteiger charge is 2.27. The number of urea groups is 1. The van der Waals surface area contributed by atoms with Gasteiger partial charge in [-0.05, 0) is 47.9 Å². The van der Waals surface area contributed by atoms with E-state index in [1.54, 1.807) is 35.2 Å². The Labute approximate surface area is 217 Å². The summed E-state index contributed by atoms with van der Waals surface area (Å²) in [6.07, 6.45) is 7.03. The summed E-state index contributed by atoms with van der Waals surface area (Å²) in [5.41, 5.74) is 7.07. The zero-order valence-electron chi connectivity index (χ0n) is 20.4. The molecule has 192 valence electrons. The monoisotopic (exact) mass is 529 g/mol. The second kappa shape index (κ2) is 12.7. The number of halogens is 1. The third-order valence-electron chi connectivity index (χ3n) is 5.97. The van der Waals surface area contributed by atoms with E-state index < -0.39 is 16.1 Å². The fourth-order valence-electron chi connectivity index (χ4n) is 3.84. The number of hydrazine groups is 1. The molecule has 1 aliphatic rings. The number of nitrogens with zero attached hydrogens (tertiary/aromatic N) is 3. The number of carbonyl (C=O) groups is 1. The molecular formula is C26H32ClN5O3S. The first-order chi connectivity index (χ1) is 17.2. The lowest BCUT2D eigenvalue weighted by molar-refractivity contribution is 0.142. The molecule has 8 nitrogen and oxygen atoms in total. The molecule has 1 heterocycles. The smallest absolute Gasteiger partial charge is 0.335 e. The van der Waals surface area contributed by atoms with Crippen LogP contribution < -0.4 is 21.0 Å². The first-order valence-electron chi connectivity index (χ1n) is 11.8. The molecule has 0 atom stereocenters. The average Bonchev–Trinajstić information content (AvgIpc) is 3.16. The fraction of sp³-hybridized carbons (Fsp3) is 0.308. The third kappa shape index (κ3) is 7.43. The molecule has 0 radical (unpaired) electrons. The molecule has 1 aliphatic heterocycles. The number of hydrogen-bond acceptors (Lipinski definition) is 4. The zero-order valence-corrected chi connectivity index (χ0v) is 21.9. The van der Waals surface area contributed by atoms with Crippen LogP contribution in [-0.2, 0) is 16.6 Å². The van der Waals surface area contributed by atoms with E-state index in [0.29, 0.717) is 24.2 Å². The fourth-order valence-corrected chi connectivity index (χ4v) is 4.76. The molecule has 3 rings (SSSR count). The van der Waals surface area contributed by atoms with Crippen LogP contribution in [0.1, 0.15) is 43.7 Å². The summed E-state index contributed by atoms with van der Waals surface area (Å²) in [5, 5.41) is 2.73. The number of amidine groups is 1. The van der Waals surface area contributed by atoms with E-state index in [-0.39, 0.29) is 17.3 Å². The Balaban J connectivity index is 1.91. The van der Waals surface area contributed by atoms with Gasteiger partial charge in [-0.15, -0.1) is 4.83 Å². The van der Waals surface area contributed by atoms with Gasteiger partial charge in [0, 0.05) is 30.4 Å². The Morgan fingerprint density at radius 3 is 2.53 bits per heavy atom. The number of allylic oxidation sites excluding steroid dienone is 2. The minimum Gasteiger partial charge on any atom is -0.382 e. The maximum Gasteiger partial charge on any atom is 0.335 e. The Morgan fingerprint density at radius 2 is 1.86 bits per heavy atom. The van der Waals surface area contributed by atoms with Crippen molar-refractivity contribution in [1.29, 1.82) is 0 Å². The van der Waals surface area contributed by atoms with Gasteiger partial charge in [0.05, 0.1) is 11.4 Å². The standard InChI is InChI=1S/C26H32ClN5O3S/c1-20-10-5-6-12-23(20)15-14-21(2)36(34,35)30-32(26(33)31-16-7-3-4-8-17-31)19-22-11-9-13-24(18-22)25(28)29-27/h5-6,9-15,18,30H,1,3-4,7-8,16-17,19H2,2H3,(H2,28,29)/b21-14+,23-15-. The van der Waals surface area contributed by atoms with Crippen molar-refractivity contribution in [2.24, 2.45) is 10.2 Å². The number of hydrogen-bond donors (Lipinski definition) is 2. The number of rotatable bonds is 7. The lowest BCUT2D eigenvalue weighted by Gasteiger charge is -2.30. The van der Waals surface area contributed by atoms with Gasteiger partial charge in [-0.1, -0.05) is 68.0 Å². The molecule has 0 unspecified atom stereocenters. The van der Waals surface area contributed by atoms with Gasteiger partial charge in [0.2, 0.25) is 0 Å². The molecule has 2 aromatic rings. The van der Waals surface area contributed by atoms with Crippen molar-refractivity contribution < 1.29 is 13.2 Å². The largest absolute Gasteiger partial charge is 0.382 e. The summed E-state index contributed by atoms with van der Waals surface area (Å²) in [4.78, 5) is 17.7. The predicted molar refractivity (Wildman–Crippen MR) is 145 cm³/mol. The van der Waals surface area contributed by atoms with Crippen molar-refractivity contribution in [3.63, 3.8) is 0 Å². The summed E-state index contributed by atoms with van der Waals surface area (Å²) < 4.78 is 29.9. The van der Waals surface area contributed by atoms with E-state index in [1.165, 1.54) is 13.0 Å². The molecule has 0 spiro atoms. The van der Waals surface area contributed by atoms with Gasteiger partial charge in [-0.25, -0.2) is 18.2 Å². The van der Waals surface area contributed by atoms with Crippen molar-refractivity contribution in [2.75, 3.05) is 13.1 Å². The van der Waals surface area contributed by atoms with Crippen LogP contribution in [0.2, 0.25) is 0 Å². The van der Waals surface area contributed by atoms with E-state index in [1.807, 2.05) is 24.3 Å². The maximum atomic E-state index is 13.5. The number of sulfonamides is 1. The molecule has 3 N–H and O–H groups in total. The molecule has 2 aromatic carbocycles. The molecular weight excluding hydrogens is 498 g/mol. The number of amides is 2. The quantitative estimate of drug-likeness (QED) is 0.326. The number of benzene rings is 2. The molecule has 0 aromatic heterocycles. The van der Waals surface area contributed by atoms with E-state index in [0.717, 1.165) is 41.1 Å². The summed E-state index contributed by atoms with van der Waals surface area (Å²) in [5.74, 6) is 0.129. The lowest BCUT2D eigenvalue weighted by atomic mass is 10.1. The van der Waals surface area contributed by atoms with Crippen LogP contribution in [0.3, 0.4) is 0 Å². The van der Waals surface area contributed by atoms with Crippen molar-refractivity contribution in [2.45, 2.75) is 39.2 Å². The van der Waals surface area contributed by atoms with Crippen molar-refractivity contribution in [1.82, 2.24) is 14.7 Å². The highest BCUT2D eigenvalue weighted by Crippen LogP contribution is 2.16. The normalized spacial score (nSPS) is 16.1. The topological polar surface area (TPSA) is 108 Å². The summed E-state index contributed by atoms with van der Waals surface area (Å²) >= 11 is 5.50. The number of nitrogens with one attached hydrogen (secondary N) is 1. The number of likely N-dealkylation sites (tertiary alicyclic amines) is 1. The molecule has 36 heavy (non-hydrogen) atoms. The zero-order chi connectivity index (χ0) is 26.1. The third-order valence-corrected chi connectivity index (χ3v) is 7.60. The average molecular weight is 530 g/mol. The highest BCUT2D eigenvalue weighted by atomic mass is 35.5. The van der Waals surface area contributed by atoms with Crippen LogP contribution in [0.4, 0.5) is 4.79 Å². The summed E-state index contributed by atoms with van der Waals surface area (Å²) in [7, 11) is -4.02. The number of carbonyl (C=O) groups excluding carboxylic acids is 1. The van der Waals surface area contributed by atoms with Crippen LogP contribution in [0.15, 0.2) is 64.0 Å². The highest BCUT2D eigenvalue weighted by molar-refractivity contribution is 7.93. The van der Waals surface area contributed by atoms with Gasteiger partial charge in [-0.2, -0.15) is 4.51 Å². The first-order valence-corrected chi connectivity index (χ1v) is 13.6. The Bertz CT molecular complexity index is 1350. The SMILES string of the molecule is C=c1cccc/c1=C/C=C(\C)S(=O)(=O)NN(Cc1cccc(/C(N)=N/Cl)c1)C(=O)N1CCCCCC1. The molecule has 1 saturated heterocycles. The number of nitrogens with two attached hydrogens (primary N) is 1. The van der Waals surface area contributed by atoms with Crippen LogP contribution in [0.5, 0.6) is 0 Å². The first kappa shape index (κ1) is 27.4. The predicted octanol–water partition coefficient (Wildman–Crippen LogP) is 2.97. The molecule has 10 heteroatoms. The molecule has 0 saturated carbocycles. The van der Waals surface area contributed by atoms with Gasteiger partial charge in [0.15, 0.2) is 0 Å². The molecule has 1 fully saturated rings. The second-order valence-corrected chi connectivity index (χ2v) is 10.7. The summed E-state index contributed by atoms with van der Waals surface area (Å²) in [6, 6.07) is 14.0. The maximum absolute atomic E-state index is 13.5. The van der Waals surface area contributed by atoms with Gasteiger partial charge < -0.3 is 10.6 Å². The van der Waals surface area contributed by atoms with Crippen molar-refractivity contribution in [3.8, 4) is 0 Å². The Kier molecular flexibility index (Phi) is 9.69. The second-order valence-electron chi connectivity index (χ2n) is 8.68. The lowest BCUT2D eigenvalue weighted by Crippen LogP contribution is -2.51. The summed E-state index contributed by atoms with van der Waals surface area (Å²) in [6.45, 7) is 6.59. The molecule has 0 aliphatic carbocycles. The van der Waals surface area contributed by atoms with E-state index in [2.05, 4.69) is 15.9 Å².